The van der Waals surface area contributed by atoms with Crippen LogP contribution >= 0.6 is 0 Å². The lowest BCUT2D eigenvalue weighted by Crippen LogP contribution is -2.53. The summed E-state index contributed by atoms with van der Waals surface area (Å²) in [6.45, 7) is 19.7. The fourth-order valence-corrected chi connectivity index (χ4v) is 9.02. The summed E-state index contributed by atoms with van der Waals surface area (Å²) in [5.41, 5.74) is 2.21. The van der Waals surface area contributed by atoms with Crippen molar-refractivity contribution >= 4 is 18.3 Å². The Morgan fingerprint density at radius 3 is 2.59 bits per heavy atom. The third kappa shape index (κ3) is 4.41. The minimum absolute atomic E-state index is 0.0217. The molecule has 0 N–H and O–H groups in total. The number of furan rings is 1. The van der Waals surface area contributed by atoms with Crippen LogP contribution in [-0.4, -0.2) is 39.4 Å². The molecule has 1 heterocycles. The molecule has 180 valence electrons. The van der Waals surface area contributed by atoms with Gasteiger partial charge in [0.1, 0.15) is 5.76 Å². The molecule has 2 fully saturated rings. The number of hydrogen-bond acceptors (Lipinski definition) is 4. The van der Waals surface area contributed by atoms with Gasteiger partial charge in [-0.25, -0.2) is 8.42 Å². The van der Waals surface area contributed by atoms with Crippen LogP contribution in [0.15, 0.2) is 41.3 Å². The van der Waals surface area contributed by atoms with E-state index >= 15 is 0 Å². The van der Waals surface area contributed by atoms with E-state index in [0.29, 0.717) is 18.9 Å². The Labute approximate surface area is 196 Å². The maximum Gasteiger partial charge on any atom is 0.235 e. The van der Waals surface area contributed by atoms with Crippen molar-refractivity contribution in [1.82, 2.24) is 4.31 Å². The molecule has 3 atom stereocenters. The van der Waals surface area contributed by atoms with Crippen molar-refractivity contribution in [3.05, 3.63) is 42.7 Å². The first-order chi connectivity index (χ1) is 14.7. The summed E-state index contributed by atoms with van der Waals surface area (Å²) in [5, 5.41) is 0.0830. The molecule has 2 aliphatic rings. The molecule has 3 rings (SSSR count). The van der Waals surface area contributed by atoms with E-state index in [2.05, 4.69) is 60.0 Å². The average molecular weight is 480 g/mol. The minimum atomic E-state index is -3.59. The van der Waals surface area contributed by atoms with Gasteiger partial charge in [-0.3, -0.25) is 4.31 Å². The molecular formula is C25H41NO4SSi. The van der Waals surface area contributed by atoms with Crippen molar-refractivity contribution in [2.24, 2.45) is 16.7 Å². The lowest BCUT2D eigenvalue weighted by Gasteiger charge is -2.47. The molecule has 0 saturated heterocycles. The summed E-state index contributed by atoms with van der Waals surface area (Å²) in [6, 6.07) is 3.69. The first-order valence-electron chi connectivity index (χ1n) is 11.7. The molecule has 2 saturated carbocycles. The second-order valence-corrected chi connectivity index (χ2v) is 18.4. The molecule has 7 heteroatoms. The molecule has 32 heavy (non-hydrogen) atoms. The van der Waals surface area contributed by atoms with Gasteiger partial charge in [0, 0.05) is 18.4 Å². The minimum Gasteiger partial charge on any atom is -0.469 e. The number of fused-ring (bicyclic) bond motifs is 2. The normalized spacial score (nSPS) is 27.3. The van der Waals surface area contributed by atoms with Gasteiger partial charge in [-0.05, 0) is 60.9 Å². The molecule has 2 aliphatic carbocycles. The van der Waals surface area contributed by atoms with Crippen LogP contribution in [-0.2, 0) is 20.9 Å². The molecule has 0 spiro atoms. The van der Waals surface area contributed by atoms with Crippen molar-refractivity contribution in [2.75, 3.05) is 12.3 Å². The van der Waals surface area contributed by atoms with E-state index in [1.807, 2.05) is 12.1 Å². The van der Waals surface area contributed by atoms with Crippen LogP contribution in [0.1, 0.15) is 59.6 Å². The SMILES string of the molecule is C=C=CN(CCc1ccco1)S(=O)(=O)C[C@]12CC[C@H](C[C@H]1O[Si](C)(C)C(C)(C)C)C2(C)C. The third-order valence-electron chi connectivity index (χ3n) is 8.79. The Morgan fingerprint density at radius 1 is 1.38 bits per heavy atom. The predicted octanol–water partition coefficient (Wildman–Crippen LogP) is 5.97. The average Bonchev–Trinajstić information content (AvgIpc) is 3.30. The second kappa shape index (κ2) is 8.50. The zero-order valence-corrected chi connectivity index (χ0v) is 22.7. The Bertz CT molecular complexity index is 955. The fraction of sp³-hybridized carbons (Fsp3) is 0.720. The standard InChI is InChI=1S/C25H41NO4SSi/c1-9-15-26(16-13-21-11-10-17-29-21)31(27,28)19-25-14-12-20(24(25,5)6)18-22(25)30-32(7,8)23(2,3)4/h10-11,15,17,20,22H,1,12-14,16,18-19H2,2-8H3/t20-,22-,25-/m1/s1. The van der Waals surface area contributed by atoms with Crippen LogP contribution in [0, 0.1) is 16.7 Å². The van der Waals surface area contributed by atoms with E-state index in [1.54, 1.807) is 6.26 Å². The zero-order valence-electron chi connectivity index (χ0n) is 20.9. The Balaban J connectivity index is 1.90. The second-order valence-electron chi connectivity index (χ2n) is 11.7. The first kappa shape index (κ1) is 25.4. The van der Waals surface area contributed by atoms with E-state index in [4.69, 9.17) is 8.84 Å². The molecule has 1 aromatic rings. The van der Waals surface area contributed by atoms with Crippen molar-refractivity contribution in [1.29, 1.82) is 0 Å². The summed E-state index contributed by atoms with van der Waals surface area (Å²) >= 11 is 0. The first-order valence-corrected chi connectivity index (χ1v) is 16.2. The largest absolute Gasteiger partial charge is 0.469 e. The lowest BCUT2D eigenvalue weighted by molar-refractivity contribution is 0.0230. The van der Waals surface area contributed by atoms with E-state index in [9.17, 15) is 8.42 Å². The highest BCUT2D eigenvalue weighted by molar-refractivity contribution is 7.89. The van der Waals surface area contributed by atoms with Crippen molar-refractivity contribution in [2.45, 2.75) is 84.5 Å². The zero-order chi connectivity index (χ0) is 24.0. The number of hydrogen-bond donors (Lipinski definition) is 0. The monoisotopic (exact) mass is 479 g/mol. The van der Waals surface area contributed by atoms with Crippen LogP contribution in [0.4, 0.5) is 0 Å². The highest BCUT2D eigenvalue weighted by Crippen LogP contribution is 2.67. The van der Waals surface area contributed by atoms with Gasteiger partial charge in [0.2, 0.25) is 10.0 Å². The summed E-state index contributed by atoms with van der Waals surface area (Å²) in [7, 11) is -5.63. The van der Waals surface area contributed by atoms with Crippen molar-refractivity contribution < 1.29 is 17.3 Å². The molecule has 5 nitrogen and oxygen atoms in total. The molecular weight excluding hydrogens is 438 g/mol. The van der Waals surface area contributed by atoms with Gasteiger partial charge >= 0.3 is 0 Å². The van der Waals surface area contributed by atoms with Gasteiger partial charge < -0.3 is 8.84 Å². The van der Waals surface area contributed by atoms with Crippen LogP contribution in [0.2, 0.25) is 18.1 Å². The Kier molecular flexibility index (Phi) is 6.73. The fourth-order valence-electron chi connectivity index (χ4n) is 5.51. The maximum absolute atomic E-state index is 13.8. The highest BCUT2D eigenvalue weighted by Gasteiger charge is 2.67. The molecule has 0 radical (unpaired) electrons. The van der Waals surface area contributed by atoms with Crippen molar-refractivity contribution in [3.63, 3.8) is 0 Å². The van der Waals surface area contributed by atoms with Crippen LogP contribution < -0.4 is 0 Å². The highest BCUT2D eigenvalue weighted by atomic mass is 32.2. The van der Waals surface area contributed by atoms with E-state index in [-0.39, 0.29) is 27.7 Å². The molecule has 0 aromatic carbocycles. The summed E-state index contributed by atoms with van der Waals surface area (Å²) in [6.07, 6.45) is 6.49. The summed E-state index contributed by atoms with van der Waals surface area (Å²) in [4.78, 5) is 0. The Hall–Kier alpha value is -1.27. The summed E-state index contributed by atoms with van der Waals surface area (Å²) in [5.74, 6) is 1.36. The van der Waals surface area contributed by atoms with Gasteiger partial charge in [0.05, 0.1) is 24.3 Å². The molecule has 0 unspecified atom stereocenters. The van der Waals surface area contributed by atoms with Crippen molar-refractivity contribution in [3.8, 4) is 0 Å². The smallest absolute Gasteiger partial charge is 0.235 e. The Morgan fingerprint density at radius 2 is 2.06 bits per heavy atom. The maximum atomic E-state index is 13.8. The topological polar surface area (TPSA) is 59.8 Å². The van der Waals surface area contributed by atoms with E-state index in [0.717, 1.165) is 25.0 Å². The molecule has 1 aromatic heterocycles. The quantitative estimate of drug-likeness (QED) is 0.323. The number of nitrogens with zero attached hydrogens (tertiary/aromatic N) is 1. The predicted molar refractivity (Wildman–Crippen MR) is 132 cm³/mol. The van der Waals surface area contributed by atoms with Crippen LogP contribution in [0.5, 0.6) is 0 Å². The van der Waals surface area contributed by atoms with E-state index in [1.165, 1.54) is 10.5 Å². The molecule has 0 aliphatic heterocycles. The van der Waals surface area contributed by atoms with Crippen LogP contribution in [0.25, 0.3) is 0 Å². The molecule has 0 amide bonds. The van der Waals surface area contributed by atoms with Crippen LogP contribution in [0.3, 0.4) is 0 Å². The number of sulfonamides is 1. The van der Waals surface area contributed by atoms with Gasteiger partial charge in [-0.15, -0.1) is 5.73 Å². The number of rotatable bonds is 9. The lowest BCUT2D eigenvalue weighted by atomic mass is 9.70. The third-order valence-corrected chi connectivity index (χ3v) is 15.2. The van der Waals surface area contributed by atoms with E-state index < -0.39 is 18.3 Å². The van der Waals surface area contributed by atoms with Gasteiger partial charge in [-0.2, -0.15) is 0 Å². The molecule has 2 bridgehead atoms. The van der Waals surface area contributed by atoms with Gasteiger partial charge in [0.25, 0.3) is 0 Å². The van der Waals surface area contributed by atoms with Gasteiger partial charge in [0.15, 0.2) is 8.32 Å². The summed E-state index contributed by atoms with van der Waals surface area (Å²) < 4.78 is 41.3. The van der Waals surface area contributed by atoms with Gasteiger partial charge in [-0.1, -0.05) is 41.2 Å².